The molecule has 1 aliphatic carbocycles. The molecule has 0 bridgehead atoms. The molecule has 6 heteroatoms. The van der Waals surface area contributed by atoms with E-state index in [1.807, 2.05) is 0 Å². The maximum atomic E-state index is 10.8. The van der Waals surface area contributed by atoms with E-state index in [4.69, 9.17) is 11.5 Å². The smallest absolute Gasteiger partial charge is 0.308 e. The topological polar surface area (TPSA) is 107 Å². The summed E-state index contributed by atoms with van der Waals surface area (Å²) in [5.74, 6) is 0.117. The first-order chi connectivity index (χ1) is 6.55. The zero-order chi connectivity index (χ0) is 10.3. The van der Waals surface area contributed by atoms with Crippen molar-refractivity contribution in [3.05, 3.63) is 33.8 Å². The standard InChI is InChI=1S/C8H12N4O2/c9-6-3-4-11-8(10,5-1-2-5)7(6)12(13)14/h3-5,11H,1-2,9-10H2. The molecular formula is C8H12N4O2. The minimum absolute atomic E-state index is 0.109. The van der Waals surface area contributed by atoms with Gasteiger partial charge in [0, 0.05) is 12.1 Å². The number of hydrogen-bond acceptors (Lipinski definition) is 5. The van der Waals surface area contributed by atoms with Gasteiger partial charge >= 0.3 is 5.70 Å². The van der Waals surface area contributed by atoms with Crippen LogP contribution < -0.4 is 16.8 Å². The summed E-state index contributed by atoms with van der Waals surface area (Å²) in [6, 6.07) is 0. The van der Waals surface area contributed by atoms with Gasteiger partial charge in [0.2, 0.25) is 0 Å². The molecule has 1 unspecified atom stereocenters. The Hall–Kier alpha value is -1.56. The molecule has 1 saturated carbocycles. The quantitative estimate of drug-likeness (QED) is 0.412. The SMILES string of the molecule is NC1=C([N+](=O)[O-])C(N)(C2CC2)NC=C1. The third kappa shape index (κ3) is 1.15. The van der Waals surface area contributed by atoms with Crippen molar-refractivity contribution in [2.75, 3.05) is 0 Å². The van der Waals surface area contributed by atoms with E-state index in [0.29, 0.717) is 0 Å². The van der Waals surface area contributed by atoms with Crippen LogP contribution >= 0.6 is 0 Å². The van der Waals surface area contributed by atoms with E-state index < -0.39 is 10.6 Å². The highest BCUT2D eigenvalue weighted by molar-refractivity contribution is 5.32. The molecule has 14 heavy (non-hydrogen) atoms. The van der Waals surface area contributed by atoms with Gasteiger partial charge in [-0.1, -0.05) is 0 Å². The number of nitrogens with two attached hydrogens (primary N) is 2. The largest absolute Gasteiger partial charge is 0.393 e. The lowest BCUT2D eigenvalue weighted by Crippen LogP contribution is -2.58. The van der Waals surface area contributed by atoms with Gasteiger partial charge in [0.1, 0.15) is 5.70 Å². The number of nitrogens with one attached hydrogen (secondary N) is 1. The second-order valence-corrected chi connectivity index (χ2v) is 3.68. The first-order valence-corrected chi connectivity index (χ1v) is 4.43. The number of nitrogens with zero attached hydrogens (tertiary/aromatic N) is 1. The molecule has 0 aromatic rings. The Morgan fingerprint density at radius 1 is 1.64 bits per heavy atom. The van der Waals surface area contributed by atoms with Gasteiger partial charge in [-0.15, -0.1) is 0 Å². The summed E-state index contributed by atoms with van der Waals surface area (Å²) in [5.41, 5.74) is 10.5. The second-order valence-electron chi connectivity index (χ2n) is 3.68. The maximum absolute atomic E-state index is 10.8. The van der Waals surface area contributed by atoms with Crippen molar-refractivity contribution >= 4 is 0 Å². The Labute approximate surface area is 80.8 Å². The van der Waals surface area contributed by atoms with E-state index >= 15 is 0 Å². The molecule has 76 valence electrons. The Balaban J connectivity index is 2.43. The van der Waals surface area contributed by atoms with E-state index in [-0.39, 0.29) is 17.3 Å². The summed E-state index contributed by atoms with van der Waals surface area (Å²) in [4.78, 5) is 10.3. The van der Waals surface area contributed by atoms with Gasteiger partial charge in [0.05, 0.1) is 4.92 Å². The Kier molecular flexibility index (Phi) is 1.75. The summed E-state index contributed by atoms with van der Waals surface area (Å²) in [5, 5.41) is 13.7. The lowest BCUT2D eigenvalue weighted by molar-refractivity contribution is -0.438. The van der Waals surface area contributed by atoms with Crippen LogP contribution in [0.5, 0.6) is 0 Å². The lowest BCUT2D eigenvalue weighted by atomic mass is 9.97. The third-order valence-corrected chi connectivity index (χ3v) is 2.65. The van der Waals surface area contributed by atoms with Gasteiger partial charge in [-0.25, -0.2) is 0 Å². The van der Waals surface area contributed by atoms with Crippen LogP contribution in [0.2, 0.25) is 0 Å². The highest BCUT2D eigenvalue weighted by Crippen LogP contribution is 2.42. The van der Waals surface area contributed by atoms with Gasteiger partial charge in [0.15, 0.2) is 5.66 Å². The maximum Gasteiger partial charge on any atom is 0.308 e. The zero-order valence-corrected chi connectivity index (χ0v) is 7.56. The third-order valence-electron chi connectivity index (χ3n) is 2.65. The summed E-state index contributed by atoms with van der Waals surface area (Å²) in [6.07, 6.45) is 4.84. The first-order valence-electron chi connectivity index (χ1n) is 4.43. The average Bonchev–Trinajstić information content (AvgIpc) is 2.84. The van der Waals surface area contributed by atoms with Crippen LogP contribution in [0.3, 0.4) is 0 Å². The molecule has 1 heterocycles. The molecule has 1 atom stereocenters. The molecule has 1 aliphatic heterocycles. The zero-order valence-electron chi connectivity index (χ0n) is 7.56. The van der Waals surface area contributed by atoms with Crippen LogP contribution in [0, 0.1) is 16.0 Å². The normalized spacial score (nSPS) is 31.5. The fourth-order valence-electron chi connectivity index (χ4n) is 1.76. The highest BCUT2D eigenvalue weighted by atomic mass is 16.6. The van der Waals surface area contributed by atoms with E-state index in [2.05, 4.69) is 5.32 Å². The van der Waals surface area contributed by atoms with Crippen molar-refractivity contribution in [3.8, 4) is 0 Å². The molecule has 0 radical (unpaired) electrons. The van der Waals surface area contributed by atoms with Crippen LogP contribution in [0.1, 0.15) is 12.8 Å². The number of dihydropyridines is 1. The monoisotopic (exact) mass is 196 g/mol. The van der Waals surface area contributed by atoms with E-state index in [1.165, 1.54) is 6.08 Å². The van der Waals surface area contributed by atoms with Crippen molar-refractivity contribution in [2.45, 2.75) is 18.5 Å². The van der Waals surface area contributed by atoms with Gasteiger partial charge in [-0.3, -0.25) is 15.8 Å². The van der Waals surface area contributed by atoms with Crippen molar-refractivity contribution < 1.29 is 4.92 Å². The fraction of sp³-hybridized carbons (Fsp3) is 0.500. The Bertz CT molecular complexity index is 345. The molecular weight excluding hydrogens is 184 g/mol. The second kappa shape index (κ2) is 2.71. The number of rotatable bonds is 2. The molecule has 2 rings (SSSR count). The Morgan fingerprint density at radius 3 is 2.79 bits per heavy atom. The molecule has 0 saturated heterocycles. The summed E-state index contributed by atoms with van der Waals surface area (Å²) in [7, 11) is 0. The molecule has 1 fully saturated rings. The van der Waals surface area contributed by atoms with Crippen LogP contribution in [-0.2, 0) is 0 Å². The summed E-state index contributed by atoms with van der Waals surface area (Å²) < 4.78 is 0. The van der Waals surface area contributed by atoms with Crippen LogP contribution in [-0.4, -0.2) is 10.6 Å². The average molecular weight is 196 g/mol. The van der Waals surface area contributed by atoms with E-state index in [1.54, 1.807) is 6.20 Å². The molecule has 5 N–H and O–H groups in total. The molecule has 6 nitrogen and oxygen atoms in total. The van der Waals surface area contributed by atoms with Gasteiger partial charge in [-0.2, -0.15) is 0 Å². The van der Waals surface area contributed by atoms with Crippen molar-refractivity contribution in [2.24, 2.45) is 17.4 Å². The van der Waals surface area contributed by atoms with Crippen LogP contribution in [0.4, 0.5) is 0 Å². The lowest BCUT2D eigenvalue weighted by Gasteiger charge is -2.29. The molecule has 0 spiro atoms. The number of allylic oxidation sites excluding steroid dienone is 1. The van der Waals surface area contributed by atoms with Crippen LogP contribution in [0.25, 0.3) is 0 Å². The van der Waals surface area contributed by atoms with Gasteiger partial charge < -0.3 is 11.1 Å². The van der Waals surface area contributed by atoms with Crippen molar-refractivity contribution in [3.63, 3.8) is 0 Å². The van der Waals surface area contributed by atoms with E-state index in [0.717, 1.165) is 12.8 Å². The van der Waals surface area contributed by atoms with Gasteiger partial charge in [0.25, 0.3) is 0 Å². The van der Waals surface area contributed by atoms with E-state index in [9.17, 15) is 10.1 Å². The predicted molar refractivity (Wildman–Crippen MR) is 50.1 cm³/mol. The van der Waals surface area contributed by atoms with Crippen molar-refractivity contribution in [1.29, 1.82) is 0 Å². The minimum Gasteiger partial charge on any atom is -0.393 e. The minimum atomic E-state index is -1.08. The number of nitro groups is 1. The summed E-state index contributed by atoms with van der Waals surface area (Å²) in [6.45, 7) is 0. The first kappa shape index (κ1) is 9.01. The predicted octanol–water partition coefficient (Wildman–Crippen LogP) is -0.385. The molecule has 0 aromatic carbocycles. The fourth-order valence-corrected chi connectivity index (χ4v) is 1.76. The molecule has 2 aliphatic rings. The van der Waals surface area contributed by atoms with Crippen LogP contribution in [0.15, 0.2) is 23.7 Å². The van der Waals surface area contributed by atoms with Gasteiger partial charge in [-0.05, 0) is 18.9 Å². The summed E-state index contributed by atoms with van der Waals surface area (Å²) >= 11 is 0. The highest BCUT2D eigenvalue weighted by Gasteiger charge is 2.52. The van der Waals surface area contributed by atoms with Crippen molar-refractivity contribution in [1.82, 2.24) is 5.32 Å². The number of hydrogen-bond donors (Lipinski definition) is 3. The Morgan fingerprint density at radius 2 is 2.29 bits per heavy atom. The molecule has 0 amide bonds. The molecule has 0 aromatic heterocycles.